The Kier molecular flexibility index (Phi) is 5.14. The second kappa shape index (κ2) is 8.23. The third-order valence-corrected chi connectivity index (χ3v) is 7.05. The van der Waals surface area contributed by atoms with Gasteiger partial charge in [0.25, 0.3) is 0 Å². The fourth-order valence-corrected chi connectivity index (χ4v) is 4.95. The number of nitrogens with zero attached hydrogens (tertiary/aromatic N) is 2. The predicted molar refractivity (Wildman–Crippen MR) is 130 cm³/mol. The molecule has 6 rings (SSSR count). The van der Waals surface area contributed by atoms with Crippen LogP contribution >= 0.6 is 0 Å². The van der Waals surface area contributed by atoms with Crippen molar-refractivity contribution >= 4 is 27.6 Å². The van der Waals surface area contributed by atoms with E-state index in [-0.39, 0.29) is 11.2 Å². The Hall–Kier alpha value is -3.65. The van der Waals surface area contributed by atoms with Crippen molar-refractivity contribution in [2.24, 2.45) is 5.41 Å². The standard InChI is InChI=1S/C27H26FN3O4/c1-16-11-18-19(30-16)3-4-22(26(18)28)35-21-5-8-29-20-13-24(23(33-2)12-17(20)21)34-10-9-31-14-25(32)27(15-31)6-7-27/h3-5,8,11-13,30H,6-7,9-10,14-15H2,1-2H3. The quantitative estimate of drug-likeness (QED) is 0.405. The van der Waals surface area contributed by atoms with Crippen molar-refractivity contribution in [3.05, 3.63) is 54.1 Å². The number of benzene rings is 2. The first-order valence-corrected chi connectivity index (χ1v) is 11.8. The molecular weight excluding hydrogens is 449 g/mol. The number of methoxy groups -OCH3 is 1. The van der Waals surface area contributed by atoms with Gasteiger partial charge in [0.15, 0.2) is 28.8 Å². The summed E-state index contributed by atoms with van der Waals surface area (Å²) in [5, 5.41) is 1.17. The largest absolute Gasteiger partial charge is 0.493 e. The Balaban J connectivity index is 1.23. The van der Waals surface area contributed by atoms with E-state index >= 15 is 4.39 Å². The first-order chi connectivity index (χ1) is 17.0. The molecule has 4 aromatic rings. The second-order valence-electron chi connectivity index (χ2n) is 9.49. The number of hydrogen-bond donors (Lipinski definition) is 1. The number of ketones is 1. The maximum absolute atomic E-state index is 15.1. The molecule has 0 atom stereocenters. The molecule has 3 heterocycles. The van der Waals surface area contributed by atoms with Crippen LogP contribution in [0.25, 0.3) is 21.8 Å². The van der Waals surface area contributed by atoms with E-state index in [4.69, 9.17) is 14.2 Å². The zero-order chi connectivity index (χ0) is 24.2. The number of fused-ring (bicyclic) bond motifs is 2. The number of likely N-dealkylation sites (tertiary alicyclic amines) is 1. The average Bonchev–Trinajstić information content (AvgIpc) is 3.42. The first kappa shape index (κ1) is 21.9. The lowest BCUT2D eigenvalue weighted by Gasteiger charge is -2.17. The molecule has 0 radical (unpaired) electrons. The number of aryl methyl sites for hydroxylation is 1. The molecule has 180 valence electrons. The van der Waals surface area contributed by atoms with Gasteiger partial charge in [-0.3, -0.25) is 14.7 Å². The summed E-state index contributed by atoms with van der Waals surface area (Å²) < 4.78 is 32.7. The van der Waals surface area contributed by atoms with Crippen LogP contribution in [-0.2, 0) is 4.79 Å². The van der Waals surface area contributed by atoms with E-state index in [1.807, 2.05) is 6.92 Å². The van der Waals surface area contributed by atoms with E-state index in [9.17, 15) is 4.79 Å². The van der Waals surface area contributed by atoms with Crippen molar-refractivity contribution < 1.29 is 23.4 Å². The molecule has 2 fully saturated rings. The van der Waals surface area contributed by atoms with Crippen molar-refractivity contribution in [3.63, 3.8) is 0 Å². The Bertz CT molecular complexity index is 1460. The van der Waals surface area contributed by atoms with E-state index < -0.39 is 5.82 Å². The number of rotatable bonds is 7. The number of carbonyl (C=O) groups excluding carboxylic acids is 1. The van der Waals surface area contributed by atoms with Crippen molar-refractivity contribution in [1.29, 1.82) is 0 Å². The van der Waals surface area contributed by atoms with Gasteiger partial charge in [-0.1, -0.05) is 0 Å². The minimum atomic E-state index is -0.419. The molecule has 35 heavy (non-hydrogen) atoms. The number of H-pyrrole nitrogens is 1. The molecule has 7 nitrogen and oxygen atoms in total. The molecule has 1 aliphatic heterocycles. The smallest absolute Gasteiger partial charge is 0.175 e. The minimum absolute atomic E-state index is 0.0646. The highest BCUT2D eigenvalue weighted by Crippen LogP contribution is 2.50. The van der Waals surface area contributed by atoms with Crippen LogP contribution < -0.4 is 14.2 Å². The molecule has 1 aliphatic carbocycles. The lowest BCUT2D eigenvalue weighted by atomic mass is 10.1. The van der Waals surface area contributed by atoms with Crippen molar-refractivity contribution in [3.8, 4) is 23.0 Å². The van der Waals surface area contributed by atoms with Crippen LogP contribution in [0, 0.1) is 18.2 Å². The predicted octanol–water partition coefficient (Wildman–Crippen LogP) is 5.01. The van der Waals surface area contributed by atoms with E-state index in [2.05, 4.69) is 14.9 Å². The van der Waals surface area contributed by atoms with E-state index in [0.717, 1.165) is 30.6 Å². The molecule has 0 bridgehead atoms. The molecular formula is C27H26FN3O4. The number of aromatic amines is 1. The number of aromatic nitrogens is 2. The van der Waals surface area contributed by atoms with Gasteiger partial charge in [0.05, 0.1) is 19.2 Å². The van der Waals surface area contributed by atoms with Gasteiger partial charge in [0, 0.05) is 52.8 Å². The molecule has 1 saturated carbocycles. The third-order valence-electron chi connectivity index (χ3n) is 7.05. The SMILES string of the molecule is COc1cc2c(Oc3ccc4[nH]c(C)cc4c3F)ccnc2cc1OCCN1CC(=O)C2(CC2)C1. The number of carbonyl (C=O) groups is 1. The van der Waals surface area contributed by atoms with Gasteiger partial charge in [-0.2, -0.15) is 0 Å². The third kappa shape index (κ3) is 3.87. The number of pyridine rings is 1. The van der Waals surface area contributed by atoms with Gasteiger partial charge in [-0.15, -0.1) is 0 Å². The minimum Gasteiger partial charge on any atom is -0.493 e. The van der Waals surface area contributed by atoms with Crippen LogP contribution in [0.5, 0.6) is 23.0 Å². The maximum atomic E-state index is 15.1. The van der Waals surface area contributed by atoms with E-state index in [1.165, 1.54) is 0 Å². The van der Waals surface area contributed by atoms with Crippen LogP contribution in [0.4, 0.5) is 4.39 Å². The number of ether oxygens (including phenoxy) is 3. The first-order valence-electron chi connectivity index (χ1n) is 11.8. The fraction of sp³-hybridized carbons (Fsp3) is 0.333. The fourth-order valence-electron chi connectivity index (χ4n) is 4.95. The Morgan fingerprint density at radius 2 is 1.94 bits per heavy atom. The number of hydrogen-bond acceptors (Lipinski definition) is 6. The van der Waals surface area contributed by atoms with Crippen LogP contribution in [-0.4, -0.2) is 54.0 Å². The highest BCUT2D eigenvalue weighted by atomic mass is 19.1. The summed E-state index contributed by atoms with van der Waals surface area (Å²) in [5.74, 6) is 1.64. The number of Topliss-reactive ketones (excluding diaryl/α,β-unsaturated/α-hetero) is 1. The van der Waals surface area contributed by atoms with Crippen molar-refractivity contribution in [2.75, 3.05) is 33.4 Å². The molecule has 1 spiro atoms. The van der Waals surface area contributed by atoms with Gasteiger partial charge in [0.2, 0.25) is 0 Å². The van der Waals surface area contributed by atoms with Gasteiger partial charge in [0.1, 0.15) is 12.4 Å². The Morgan fingerprint density at radius 1 is 1.09 bits per heavy atom. The lowest BCUT2D eigenvalue weighted by Crippen LogP contribution is -2.26. The second-order valence-corrected chi connectivity index (χ2v) is 9.49. The van der Waals surface area contributed by atoms with Crippen LogP contribution in [0.15, 0.2) is 42.6 Å². The summed E-state index contributed by atoms with van der Waals surface area (Å²) in [7, 11) is 1.57. The van der Waals surface area contributed by atoms with E-state index in [1.54, 1.807) is 49.7 Å². The zero-order valence-electron chi connectivity index (χ0n) is 19.7. The average molecular weight is 476 g/mol. The maximum Gasteiger partial charge on any atom is 0.175 e. The molecule has 1 saturated heterocycles. The molecule has 2 aromatic heterocycles. The topological polar surface area (TPSA) is 76.7 Å². The molecule has 2 aliphatic rings. The van der Waals surface area contributed by atoms with Crippen molar-refractivity contribution in [2.45, 2.75) is 19.8 Å². The van der Waals surface area contributed by atoms with Crippen LogP contribution in [0.3, 0.4) is 0 Å². The normalized spacial score (nSPS) is 16.9. The zero-order valence-corrected chi connectivity index (χ0v) is 19.7. The molecule has 0 amide bonds. The van der Waals surface area contributed by atoms with Crippen LogP contribution in [0.1, 0.15) is 18.5 Å². The molecule has 0 unspecified atom stereocenters. The highest BCUT2D eigenvalue weighted by Gasteiger charge is 2.54. The summed E-state index contributed by atoms with van der Waals surface area (Å²) >= 11 is 0. The summed E-state index contributed by atoms with van der Waals surface area (Å²) in [4.78, 5) is 21.9. The van der Waals surface area contributed by atoms with Gasteiger partial charge >= 0.3 is 0 Å². The summed E-state index contributed by atoms with van der Waals surface area (Å²) in [6.07, 6.45) is 3.65. The summed E-state index contributed by atoms with van der Waals surface area (Å²) in [6, 6.07) is 10.5. The van der Waals surface area contributed by atoms with E-state index in [0.29, 0.717) is 59.0 Å². The lowest BCUT2D eigenvalue weighted by molar-refractivity contribution is -0.120. The highest BCUT2D eigenvalue weighted by molar-refractivity contribution is 5.91. The monoisotopic (exact) mass is 475 g/mol. The van der Waals surface area contributed by atoms with Gasteiger partial charge in [-0.25, -0.2) is 4.39 Å². The Morgan fingerprint density at radius 3 is 2.71 bits per heavy atom. The van der Waals surface area contributed by atoms with Gasteiger partial charge < -0.3 is 19.2 Å². The summed E-state index contributed by atoms with van der Waals surface area (Å²) in [6.45, 7) is 4.33. The summed E-state index contributed by atoms with van der Waals surface area (Å²) in [5.41, 5.74) is 2.18. The number of halogens is 1. The van der Waals surface area contributed by atoms with Crippen molar-refractivity contribution in [1.82, 2.24) is 14.9 Å². The molecule has 2 aromatic carbocycles. The van der Waals surface area contributed by atoms with Crippen LogP contribution in [0.2, 0.25) is 0 Å². The molecule has 1 N–H and O–H groups in total. The Labute approximate surface area is 201 Å². The van der Waals surface area contributed by atoms with Gasteiger partial charge in [-0.05, 0) is 50.1 Å². The molecule has 8 heteroatoms. The number of nitrogens with one attached hydrogen (secondary N) is 1.